The molecular weight excluding hydrogens is 196 g/mol. The van der Waals surface area contributed by atoms with Gasteiger partial charge in [-0.05, 0) is 22.3 Å². The van der Waals surface area contributed by atoms with Crippen LogP contribution in [0.4, 0.5) is 0 Å². The molecule has 0 unspecified atom stereocenters. The highest BCUT2D eigenvalue weighted by Gasteiger charge is 2.27. The van der Waals surface area contributed by atoms with Crippen LogP contribution in [0.5, 0.6) is 0 Å². The van der Waals surface area contributed by atoms with Crippen LogP contribution in [-0.2, 0) is 4.74 Å². The Morgan fingerprint density at radius 3 is 1.88 bits per heavy atom. The van der Waals surface area contributed by atoms with E-state index in [1.807, 2.05) is 0 Å². The lowest BCUT2D eigenvalue weighted by atomic mass is 9.98. The monoisotopic (exact) mass is 209 g/mol. The third-order valence-corrected chi connectivity index (χ3v) is 3.25. The Morgan fingerprint density at radius 1 is 0.875 bits per heavy atom. The van der Waals surface area contributed by atoms with E-state index in [0.717, 1.165) is 0 Å². The highest BCUT2D eigenvalue weighted by atomic mass is 16.5. The van der Waals surface area contributed by atoms with Crippen LogP contribution in [0.15, 0.2) is 48.5 Å². The maximum atomic E-state index is 5.09. The van der Waals surface area contributed by atoms with Gasteiger partial charge in [0.25, 0.3) is 0 Å². The fourth-order valence-corrected chi connectivity index (χ4v) is 2.56. The van der Waals surface area contributed by atoms with Gasteiger partial charge in [0.2, 0.25) is 0 Å². The van der Waals surface area contributed by atoms with Gasteiger partial charge in [-0.2, -0.15) is 0 Å². The van der Waals surface area contributed by atoms with Crippen LogP contribution in [0.2, 0.25) is 0 Å². The van der Waals surface area contributed by atoms with Gasteiger partial charge in [0.15, 0.2) is 0 Å². The molecule has 1 heteroatoms. The summed E-state index contributed by atoms with van der Waals surface area (Å²) in [6.45, 7) is 0.647. The largest absolute Gasteiger partial charge is 0.378 e. The number of benzene rings is 2. The highest BCUT2D eigenvalue weighted by molar-refractivity contribution is 5.78. The molecule has 2 aromatic carbocycles. The molecule has 1 nitrogen and oxygen atoms in total. The Morgan fingerprint density at radius 2 is 1.38 bits per heavy atom. The maximum Gasteiger partial charge on any atom is 0.0700 e. The van der Waals surface area contributed by atoms with E-state index >= 15 is 0 Å². The van der Waals surface area contributed by atoms with Crippen LogP contribution in [0, 0.1) is 7.11 Å². The fourth-order valence-electron chi connectivity index (χ4n) is 2.56. The number of fused-ring (bicyclic) bond motifs is 3. The van der Waals surface area contributed by atoms with Crippen molar-refractivity contribution in [3.63, 3.8) is 0 Å². The van der Waals surface area contributed by atoms with Gasteiger partial charge in [-0.25, -0.2) is 0 Å². The van der Waals surface area contributed by atoms with Gasteiger partial charge in [0, 0.05) is 5.92 Å². The average molecular weight is 209 g/mol. The molecule has 2 aromatic rings. The molecule has 79 valence electrons. The summed E-state index contributed by atoms with van der Waals surface area (Å²) >= 11 is 0. The smallest absolute Gasteiger partial charge is 0.0700 e. The van der Waals surface area contributed by atoms with Crippen molar-refractivity contribution >= 4 is 0 Å². The summed E-state index contributed by atoms with van der Waals surface area (Å²) in [5.74, 6) is 0.338. The molecule has 0 amide bonds. The van der Waals surface area contributed by atoms with E-state index in [2.05, 4.69) is 55.6 Å². The van der Waals surface area contributed by atoms with Crippen LogP contribution in [0.1, 0.15) is 17.0 Å². The Kier molecular flexibility index (Phi) is 2.26. The van der Waals surface area contributed by atoms with Crippen molar-refractivity contribution in [1.82, 2.24) is 0 Å². The first kappa shape index (κ1) is 9.61. The molecule has 0 saturated heterocycles. The van der Waals surface area contributed by atoms with E-state index < -0.39 is 0 Å². The van der Waals surface area contributed by atoms with Crippen LogP contribution in [0.3, 0.4) is 0 Å². The van der Waals surface area contributed by atoms with E-state index in [4.69, 9.17) is 4.74 Å². The Labute approximate surface area is 95.7 Å². The normalized spacial score (nSPS) is 13.6. The second kappa shape index (κ2) is 3.76. The quantitative estimate of drug-likeness (QED) is 0.734. The molecule has 0 atom stereocenters. The van der Waals surface area contributed by atoms with Gasteiger partial charge >= 0.3 is 0 Å². The predicted octanol–water partition coefficient (Wildman–Crippen LogP) is 3.61. The number of hydrogen-bond donors (Lipinski definition) is 0. The standard InChI is InChI=1S/C15H13O/c1-16-10-15-13-8-4-2-6-11(13)12-7-3-5-9-14(12)15/h2-9,15H,1,10H2. The first-order valence-corrected chi connectivity index (χ1v) is 5.47. The van der Waals surface area contributed by atoms with Gasteiger partial charge in [-0.1, -0.05) is 48.5 Å². The van der Waals surface area contributed by atoms with Crippen LogP contribution in [0.25, 0.3) is 11.1 Å². The minimum Gasteiger partial charge on any atom is -0.378 e. The summed E-state index contributed by atoms with van der Waals surface area (Å²) in [5.41, 5.74) is 5.38. The van der Waals surface area contributed by atoms with Crippen molar-refractivity contribution < 1.29 is 4.74 Å². The summed E-state index contributed by atoms with van der Waals surface area (Å²) in [4.78, 5) is 0. The Bertz CT molecular complexity index is 471. The molecule has 0 N–H and O–H groups in total. The summed E-state index contributed by atoms with van der Waals surface area (Å²) in [7, 11) is 3.50. The van der Waals surface area contributed by atoms with Crippen molar-refractivity contribution in [2.45, 2.75) is 5.92 Å². The molecule has 1 radical (unpaired) electrons. The first-order chi connectivity index (χ1) is 7.92. The Balaban J connectivity index is 2.21. The molecule has 0 spiro atoms. The van der Waals surface area contributed by atoms with Crippen molar-refractivity contribution in [3.05, 3.63) is 66.8 Å². The van der Waals surface area contributed by atoms with Gasteiger partial charge in [-0.3, -0.25) is 0 Å². The van der Waals surface area contributed by atoms with Gasteiger partial charge < -0.3 is 4.74 Å². The summed E-state index contributed by atoms with van der Waals surface area (Å²) < 4.78 is 5.09. The lowest BCUT2D eigenvalue weighted by Crippen LogP contribution is -2.03. The SMILES string of the molecule is [CH2]OCC1c2ccccc2-c2ccccc21. The lowest BCUT2D eigenvalue weighted by molar-refractivity contribution is 0.232. The van der Waals surface area contributed by atoms with Crippen molar-refractivity contribution in [2.24, 2.45) is 0 Å². The molecule has 3 rings (SSSR count). The van der Waals surface area contributed by atoms with E-state index in [1.54, 1.807) is 0 Å². The van der Waals surface area contributed by atoms with Crippen molar-refractivity contribution in [2.75, 3.05) is 6.61 Å². The average Bonchev–Trinajstić information content (AvgIpc) is 2.66. The maximum absolute atomic E-state index is 5.09. The molecule has 0 bridgehead atoms. The molecule has 0 aliphatic heterocycles. The fraction of sp³-hybridized carbons (Fsp3) is 0.133. The molecule has 0 aromatic heterocycles. The summed E-state index contributed by atoms with van der Waals surface area (Å²) in [5, 5.41) is 0. The highest BCUT2D eigenvalue weighted by Crippen LogP contribution is 2.44. The van der Waals surface area contributed by atoms with Crippen molar-refractivity contribution in [1.29, 1.82) is 0 Å². The summed E-state index contributed by atoms with van der Waals surface area (Å²) in [6.07, 6.45) is 0. The zero-order valence-electron chi connectivity index (χ0n) is 9.02. The number of hydrogen-bond acceptors (Lipinski definition) is 1. The second-order valence-electron chi connectivity index (χ2n) is 4.10. The second-order valence-corrected chi connectivity index (χ2v) is 4.10. The van der Waals surface area contributed by atoms with Gasteiger partial charge in [0.1, 0.15) is 0 Å². The minimum absolute atomic E-state index is 0.338. The topological polar surface area (TPSA) is 9.23 Å². The molecule has 1 aliphatic carbocycles. The van der Waals surface area contributed by atoms with Crippen LogP contribution < -0.4 is 0 Å². The summed E-state index contributed by atoms with van der Waals surface area (Å²) in [6, 6.07) is 17.1. The molecule has 0 saturated carbocycles. The van der Waals surface area contributed by atoms with Gasteiger partial charge in [0.05, 0.1) is 13.7 Å². The van der Waals surface area contributed by atoms with E-state index in [1.165, 1.54) is 22.3 Å². The van der Waals surface area contributed by atoms with E-state index in [9.17, 15) is 0 Å². The third kappa shape index (κ3) is 1.29. The van der Waals surface area contributed by atoms with Crippen molar-refractivity contribution in [3.8, 4) is 11.1 Å². The van der Waals surface area contributed by atoms with E-state index in [-0.39, 0.29) is 0 Å². The van der Waals surface area contributed by atoms with Crippen LogP contribution in [-0.4, -0.2) is 6.61 Å². The molecular formula is C15H13O. The van der Waals surface area contributed by atoms with Gasteiger partial charge in [-0.15, -0.1) is 0 Å². The Hall–Kier alpha value is -1.60. The zero-order chi connectivity index (χ0) is 11.0. The van der Waals surface area contributed by atoms with Crippen LogP contribution >= 0.6 is 0 Å². The first-order valence-electron chi connectivity index (χ1n) is 5.47. The molecule has 1 aliphatic rings. The number of ether oxygens (including phenoxy) is 1. The number of rotatable bonds is 2. The predicted molar refractivity (Wildman–Crippen MR) is 65.0 cm³/mol. The minimum atomic E-state index is 0.338. The van der Waals surface area contributed by atoms with E-state index in [0.29, 0.717) is 12.5 Å². The third-order valence-electron chi connectivity index (χ3n) is 3.25. The molecule has 0 heterocycles. The lowest BCUT2D eigenvalue weighted by Gasteiger charge is -2.11. The zero-order valence-corrected chi connectivity index (χ0v) is 9.02. The molecule has 16 heavy (non-hydrogen) atoms. The molecule has 0 fully saturated rings.